The average molecular weight is 673 g/mol. The summed E-state index contributed by atoms with van der Waals surface area (Å²) < 4.78 is 0. The molecule has 11 rings (SSSR count). The summed E-state index contributed by atoms with van der Waals surface area (Å²) in [6, 6.07) is 67.9. The van der Waals surface area contributed by atoms with E-state index in [1.54, 1.807) is 0 Å². The van der Waals surface area contributed by atoms with Crippen LogP contribution in [0.1, 0.15) is 25.0 Å². The summed E-state index contributed by atoms with van der Waals surface area (Å²) in [6.45, 7) is 4.73. The van der Waals surface area contributed by atoms with E-state index in [1.165, 1.54) is 109 Å². The minimum atomic E-state index is -0.0286. The molecule has 0 heteroatoms. The highest BCUT2D eigenvalue weighted by atomic mass is 14.4. The zero-order valence-corrected chi connectivity index (χ0v) is 29.8. The van der Waals surface area contributed by atoms with E-state index in [9.17, 15) is 0 Å². The van der Waals surface area contributed by atoms with Crippen LogP contribution >= 0.6 is 0 Å². The van der Waals surface area contributed by atoms with Crippen LogP contribution in [-0.4, -0.2) is 0 Å². The van der Waals surface area contributed by atoms with Crippen molar-refractivity contribution < 1.29 is 0 Å². The molecular weight excluding hydrogens is 637 g/mol. The highest BCUT2D eigenvalue weighted by molar-refractivity contribution is 6.26. The average Bonchev–Trinajstić information content (AvgIpc) is 3.45. The molecule has 0 atom stereocenters. The second kappa shape index (κ2) is 11.2. The molecule has 248 valence electrons. The third kappa shape index (κ3) is 4.24. The van der Waals surface area contributed by atoms with Crippen LogP contribution in [0.4, 0.5) is 0 Å². The van der Waals surface area contributed by atoms with E-state index in [4.69, 9.17) is 0 Å². The first kappa shape index (κ1) is 30.2. The molecule has 10 aromatic rings. The zero-order chi connectivity index (χ0) is 35.3. The van der Waals surface area contributed by atoms with E-state index in [0.717, 1.165) is 0 Å². The Hall–Kier alpha value is -6.50. The summed E-state index contributed by atoms with van der Waals surface area (Å²) in [5.41, 5.74) is 13.2. The van der Waals surface area contributed by atoms with Crippen LogP contribution in [0.2, 0.25) is 0 Å². The van der Waals surface area contributed by atoms with Gasteiger partial charge in [0.25, 0.3) is 0 Å². The Kier molecular flexibility index (Phi) is 6.40. The maximum atomic E-state index is 2.38. The first-order valence-electron chi connectivity index (χ1n) is 18.7. The smallest absolute Gasteiger partial charge is 0.0159 e. The van der Waals surface area contributed by atoms with Gasteiger partial charge in [0.15, 0.2) is 0 Å². The van der Waals surface area contributed by atoms with Crippen LogP contribution in [0, 0.1) is 0 Å². The van der Waals surface area contributed by atoms with Crippen molar-refractivity contribution in [1.82, 2.24) is 0 Å². The molecule has 0 N–H and O–H groups in total. The van der Waals surface area contributed by atoms with Crippen molar-refractivity contribution >= 4 is 53.9 Å². The van der Waals surface area contributed by atoms with Crippen molar-refractivity contribution in [3.8, 4) is 44.5 Å². The van der Waals surface area contributed by atoms with Crippen molar-refractivity contribution in [3.05, 3.63) is 193 Å². The van der Waals surface area contributed by atoms with Gasteiger partial charge in [-0.3, -0.25) is 0 Å². The van der Waals surface area contributed by atoms with E-state index in [0.29, 0.717) is 0 Å². The lowest BCUT2D eigenvalue weighted by Gasteiger charge is -2.22. The molecule has 0 heterocycles. The minimum Gasteiger partial charge on any atom is -0.0619 e. The normalized spacial score (nSPS) is 13.2. The Bertz CT molecular complexity index is 3080. The molecule has 0 aliphatic heterocycles. The first-order chi connectivity index (χ1) is 26.1. The van der Waals surface area contributed by atoms with E-state index < -0.39 is 0 Å². The summed E-state index contributed by atoms with van der Waals surface area (Å²) in [6.07, 6.45) is 0. The van der Waals surface area contributed by atoms with E-state index in [-0.39, 0.29) is 5.41 Å². The molecule has 0 unspecified atom stereocenters. The van der Waals surface area contributed by atoms with Crippen molar-refractivity contribution in [2.75, 3.05) is 0 Å². The number of fused-ring (bicyclic) bond motifs is 9. The van der Waals surface area contributed by atoms with Gasteiger partial charge in [0.1, 0.15) is 0 Å². The van der Waals surface area contributed by atoms with Gasteiger partial charge >= 0.3 is 0 Å². The molecule has 0 aromatic heterocycles. The first-order valence-corrected chi connectivity index (χ1v) is 18.7. The molecule has 53 heavy (non-hydrogen) atoms. The maximum Gasteiger partial charge on any atom is 0.0159 e. The molecule has 0 spiro atoms. The fourth-order valence-electron chi connectivity index (χ4n) is 9.70. The predicted octanol–water partition coefficient (Wildman–Crippen LogP) is 14.8. The quantitative estimate of drug-likeness (QED) is 0.164. The Morgan fingerprint density at radius 2 is 0.642 bits per heavy atom. The van der Waals surface area contributed by atoms with Crippen molar-refractivity contribution in [1.29, 1.82) is 0 Å². The molecule has 0 radical (unpaired) electrons. The van der Waals surface area contributed by atoms with Gasteiger partial charge in [-0.15, -0.1) is 0 Å². The summed E-state index contributed by atoms with van der Waals surface area (Å²) in [7, 11) is 0. The lowest BCUT2D eigenvalue weighted by molar-refractivity contribution is 0.661. The standard InChI is InChI=1S/C53H36/c1-53(2)48-28-12-11-24-47(48)52-41-27-14-25-36(39(41)31-32-49(52)53)38-29-30-46(37-19-6-5-18-35(37)38)51-44-22-9-7-20-42(44)50(43-21-8-10-23-45(43)51)40-26-13-16-33-15-3-4-17-34(33)40/h3-32H,1-2H3. The second-order valence-electron chi connectivity index (χ2n) is 15.1. The van der Waals surface area contributed by atoms with Gasteiger partial charge in [-0.1, -0.05) is 196 Å². The van der Waals surface area contributed by atoms with Crippen LogP contribution in [0.25, 0.3) is 98.4 Å². The SMILES string of the molecule is CC1(C)c2ccccc2-c2c1ccc1c(-c3ccc(-c4c5ccccc5c(-c5cccc6ccccc56)c5ccccc45)c4ccccc34)cccc21. The number of benzene rings is 10. The van der Waals surface area contributed by atoms with Crippen molar-refractivity contribution in [3.63, 3.8) is 0 Å². The van der Waals surface area contributed by atoms with Gasteiger partial charge < -0.3 is 0 Å². The highest BCUT2D eigenvalue weighted by Crippen LogP contribution is 2.53. The molecule has 1 aliphatic rings. The van der Waals surface area contributed by atoms with E-state index in [2.05, 4.69) is 196 Å². The van der Waals surface area contributed by atoms with Gasteiger partial charge in [-0.05, 0) is 109 Å². The minimum absolute atomic E-state index is 0.0286. The number of rotatable bonds is 3. The van der Waals surface area contributed by atoms with Crippen LogP contribution in [0.3, 0.4) is 0 Å². The van der Waals surface area contributed by atoms with Gasteiger partial charge in [0.2, 0.25) is 0 Å². The molecule has 1 aliphatic carbocycles. The topological polar surface area (TPSA) is 0 Å². The molecule has 0 amide bonds. The molecule has 0 saturated carbocycles. The zero-order valence-electron chi connectivity index (χ0n) is 29.8. The van der Waals surface area contributed by atoms with Crippen LogP contribution in [0.5, 0.6) is 0 Å². The monoisotopic (exact) mass is 672 g/mol. The Labute approximate surface area is 309 Å². The number of hydrogen-bond donors (Lipinski definition) is 0. The summed E-state index contributed by atoms with van der Waals surface area (Å²) >= 11 is 0. The molecule has 0 fully saturated rings. The Balaban J connectivity index is 1.18. The molecule has 0 nitrogen and oxygen atoms in total. The Morgan fingerprint density at radius 3 is 1.34 bits per heavy atom. The predicted molar refractivity (Wildman–Crippen MR) is 228 cm³/mol. The van der Waals surface area contributed by atoms with Crippen molar-refractivity contribution in [2.24, 2.45) is 0 Å². The summed E-state index contributed by atoms with van der Waals surface area (Å²) in [5, 5.41) is 12.8. The van der Waals surface area contributed by atoms with Gasteiger partial charge in [0, 0.05) is 5.41 Å². The van der Waals surface area contributed by atoms with Crippen LogP contribution < -0.4 is 0 Å². The summed E-state index contributed by atoms with van der Waals surface area (Å²) in [4.78, 5) is 0. The van der Waals surface area contributed by atoms with Crippen molar-refractivity contribution in [2.45, 2.75) is 19.3 Å². The van der Waals surface area contributed by atoms with Crippen LogP contribution in [-0.2, 0) is 5.41 Å². The maximum absolute atomic E-state index is 2.38. The van der Waals surface area contributed by atoms with Gasteiger partial charge in [-0.25, -0.2) is 0 Å². The third-order valence-corrected chi connectivity index (χ3v) is 12.1. The Morgan fingerprint density at radius 1 is 0.245 bits per heavy atom. The molecular formula is C53H36. The summed E-state index contributed by atoms with van der Waals surface area (Å²) in [5.74, 6) is 0. The molecule has 0 saturated heterocycles. The molecule has 0 bridgehead atoms. The second-order valence-corrected chi connectivity index (χ2v) is 15.1. The van der Waals surface area contributed by atoms with Crippen LogP contribution in [0.15, 0.2) is 182 Å². The lowest BCUT2D eigenvalue weighted by atomic mass is 9.81. The highest BCUT2D eigenvalue weighted by Gasteiger charge is 2.36. The fourth-order valence-corrected chi connectivity index (χ4v) is 9.70. The third-order valence-electron chi connectivity index (χ3n) is 12.1. The van der Waals surface area contributed by atoms with Gasteiger partial charge in [0.05, 0.1) is 0 Å². The largest absolute Gasteiger partial charge is 0.0619 e. The molecule has 10 aromatic carbocycles. The van der Waals surface area contributed by atoms with E-state index in [1.807, 2.05) is 0 Å². The lowest BCUT2D eigenvalue weighted by Crippen LogP contribution is -2.14. The fraction of sp³-hybridized carbons (Fsp3) is 0.0566. The number of hydrogen-bond acceptors (Lipinski definition) is 0. The van der Waals surface area contributed by atoms with Gasteiger partial charge in [-0.2, -0.15) is 0 Å². The van der Waals surface area contributed by atoms with E-state index >= 15 is 0 Å².